The van der Waals surface area contributed by atoms with Crippen LogP contribution in [0.15, 0.2) is 17.2 Å². The van der Waals surface area contributed by atoms with Crippen molar-refractivity contribution >= 4 is 23.0 Å². The molecule has 23 heavy (non-hydrogen) atoms. The van der Waals surface area contributed by atoms with Gasteiger partial charge in [0.1, 0.15) is 0 Å². The molecule has 128 valence electrons. The Morgan fingerprint density at radius 2 is 1.70 bits per heavy atom. The molecule has 7 nitrogen and oxygen atoms in total. The van der Waals surface area contributed by atoms with Crippen LogP contribution in [-0.2, 0) is 4.74 Å². The zero-order chi connectivity index (χ0) is 17.2. The molecule has 0 aliphatic rings. The lowest BCUT2D eigenvalue weighted by molar-refractivity contribution is 0.204. The third kappa shape index (κ3) is 5.57. The van der Waals surface area contributed by atoms with Gasteiger partial charge in [0.05, 0.1) is 33.6 Å². The summed E-state index contributed by atoms with van der Waals surface area (Å²) in [6.45, 7) is 3.03. The second kappa shape index (κ2) is 9.86. The largest absolute Gasteiger partial charge is 0.493 e. The molecule has 0 heterocycles. The van der Waals surface area contributed by atoms with Gasteiger partial charge in [0.2, 0.25) is 5.75 Å². The first-order chi connectivity index (χ1) is 11.1. The van der Waals surface area contributed by atoms with Gasteiger partial charge in [-0.2, -0.15) is 5.10 Å². The zero-order valence-electron chi connectivity index (χ0n) is 14.1. The lowest BCUT2D eigenvalue weighted by atomic mass is 10.1. The Morgan fingerprint density at radius 3 is 2.17 bits per heavy atom. The van der Waals surface area contributed by atoms with Gasteiger partial charge in [-0.15, -0.1) is 0 Å². The van der Waals surface area contributed by atoms with Gasteiger partial charge in [-0.05, 0) is 31.3 Å². The highest BCUT2D eigenvalue weighted by atomic mass is 32.1. The summed E-state index contributed by atoms with van der Waals surface area (Å²) in [6.07, 6.45) is 0. The van der Waals surface area contributed by atoms with Gasteiger partial charge in [0.25, 0.3) is 0 Å². The first-order valence-corrected chi connectivity index (χ1v) is 7.35. The van der Waals surface area contributed by atoms with Crippen LogP contribution in [0.5, 0.6) is 17.2 Å². The van der Waals surface area contributed by atoms with Crippen LogP contribution >= 0.6 is 12.2 Å². The minimum atomic E-state index is 0.425. The number of thiocarbonyl (C=S) groups is 1. The predicted octanol–water partition coefficient (Wildman–Crippen LogP) is 1.55. The summed E-state index contributed by atoms with van der Waals surface area (Å²) in [5, 5.41) is 7.65. The highest BCUT2D eigenvalue weighted by Gasteiger charge is 2.14. The van der Waals surface area contributed by atoms with E-state index in [0.717, 1.165) is 11.3 Å². The van der Waals surface area contributed by atoms with Gasteiger partial charge in [-0.1, -0.05) is 0 Å². The molecule has 0 aliphatic carbocycles. The molecule has 8 heteroatoms. The molecule has 0 atom stereocenters. The van der Waals surface area contributed by atoms with Crippen LogP contribution < -0.4 is 25.0 Å². The molecule has 0 aliphatic heterocycles. The fraction of sp³-hybridized carbons (Fsp3) is 0.467. The molecular formula is C15H23N3O4S. The molecule has 0 aromatic heterocycles. The zero-order valence-corrected chi connectivity index (χ0v) is 14.9. The molecule has 0 amide bonds. The van der Waals surface area contributed by atoms with Crippen molar-refractivity contribution < 1.29 is 18.9 Å². The summed E-state index contributed by atoms with van der Waals surface area (Å²) in [4.78, 5) is 0. The van der Waals surface area contributed by atoms with Crippen molar-refractivity contribution in [2.75, 3.05) is 41.6 Å². The number of nitrogens with zero attached hydrogens (tertiary/aromatic N) is 1. The van der Waals surface area contributed by atoms with Crippen LogP contribution in [0.2, 0.25) is 0 Å². The van der Waals surface area contributed by atoms with Crippen LogP contribution in [-0.4, -0.2) is 52.4 Å². The minimum Gasteiger partial charge on any atom is -0.493 e. The smallest absolute Gasteiger partial charge is 0.203 e. The summed E-state index contributed by atoms with van der Waals surface area (Å²) in [7, 11) is 6.33. The maximum atomic E-state index is 5.33. The second-order valence-corrected chi connectivity index (χ2v) is 4.88. The van der Waals surface area contributed by atoms with Crippen molar-refractivity contribution in [1.29, 1.82) is 0 Å². The number of benzene rings is 1. The van der Waals surface area contributed by atoms with Crippen LogP contribution in [0, 0.1) is 0 Å². The number of nitrogens with one attached hydrogen (secondary N) is 2. The maximum absolute atomic E-state index is 5.33. The Hall–Kier alpha value is -2.06. The topological polar surface area (TPSA) is 73.3 Å². The van der Waals surface area contributed by atoms with E-state index in [4.69, 9.17) is 31.2 Å². The lowest BCUT2D eigenvalue weighted by Gasteiger charge is -2.14. The Morgan fingerprint density at radius 1 is 1.09 bits per heavy atom. The molecule has 2 N–H and O–H groups in total. The van der Waals surface area contributed by atoms with Gasteiger partial charge >= 0.3 is 0 Å². The standard InChI is InChI=1S/C15H23N3O4S/c1-10(17-18-15(23)16-6-7-19-2)11-8-12(20-3)14(22-5)13(9-11)21-4/h8-9H,6-7H2,1-5H3,(H2,16,18,23)/b17-10+. The van der Waals surface area contributed by atoms with Crippen molar-refractivity contribution in [3.05, 3.63) is 17.7 Å². The first kappa shape index (κ1) is 19.0. The summed E-state index contributed by atoms with van der Waals surface area (Å²) in [5.74, 6) is 1.67. The summed E-state index contributed by atoms with van der Waals surface area (Å²) in [5.41, 5.74) is 4.33. The number of ether oxygens (including phenoxy) is 4. The third-order valence-electron chi connectivity index (χ3n) is 3.00. The van der Waals surface area contributed by atoms with E-state index in [1.54, 1.807) is 28.4 Å². The Kier molecular flexibility index (Phi) is 8.14. The monoisotopic (exact) mass is 341 g/mol. The third-order valence-corrected chi connectivity index (χ3v) is 3.24. The number of methoxy groups -OCH3 is 4. The van der Waals surface area contributed by atoms with E-state index in [1.165, 1.54) is 0 Å². The van der Waals surface area contributed by atoms with Crippen LogP contribution in [0.3, 0.4) is 0 Å². The van der Waals surface area contributed by atoms with Crippen molar-refractivity contribution in [2.45, 2.75) is 6.92 Å². The van der Waals surface area contributed by atoms with Crippen molar-refractivity contribution in [2.24, 2.45) is 5.10 Å². The SMILES string of the molecule is COCCNC(=S)N/N=C(\C)c1cc(OC)c(OC)c(OC)c1. The molecule has 1 aromatic rings. The van der Waals surface area contributed by atoms with E-state index >= 15 is 0 Å². The Labute approximate surface area is 141 Å². The van der Waals surface area contributed by atoms with Crippen LogP contribution in [0.25, 0.3) is 0 Å². The highest BCUT2D eigenvalue weighted by molar-refractivity contribution is 7.80. The van der Waals surface area contributed by atoms with E-state index in [2.05, 4.69) is 15.8 Å². The molecule has 0 saturated carbocycles. The van der Waals surface area contributed by atoms with Crippen molar-refractivity contribution in [3.8, 4) is 17.2 Å². The quantitative estimate of drug-likeness (QED) is 0.322. The van der Waals surface area contributed by atoms with E-state index in [9.17, 15) is 0 Å². The van der Waals surface area contributed by atoms with Crippen LogP contribution in [0.4, 0.5) is 0 Å². The number of rotatable bonds is 8. The predicted molar refractivity (Wildman–Crippen MR) is 93.9 cm³/mol. The Balaban J connectivity index is 2.88. The highest BCUT2D eigenvalue weighted by Crippen LogP contribution is 2.38. The lowest BCUT2D eigenvalue weighted by Crippen LogP contribution is -2.34. The summed E-state index contributed by atoms with van der Waals surface area (Å²) >= 11 is 5.12. The van der Waals surface area contributed by atoms with Crippen molar-refractivity contribution in [1.82, 2.24) is 10.7 Å². The van der Waals surface area contributed by atoms with E-state index < -0.39 is 0 Å². The van der Waals surface area contributed by atoms with Crippen molar-refractivity contribution in [3.63, 3.8) is 0 Å². The number of hydrogen-bond donors (Lipinski definition) is 2. The molecule has 0 fully saturated rings. The number of hydrogen-bond acceptors (Lipinski definition) is 6. The molecule has 1 rings (SSSR count). The molecule has 0 radical (unpaired) electrons. The average Bonchev–Trinajstić information content (AvgIpc) is 2.58. The van der Waals surface area contributed by atoms with Gasteiger partial charge in [-0.3, -0.25) is 5.43 Å². The fourth-order valence-electron chi connectivity index (χ4n) is 1.80. The van der Waals surface area contributed by atoms with Crippen LogP contribution in [0.1, 0.15) is 12.5 Å². The molecule has 0 unspecified atom stereocenters. The molecule has 0 saturated heterocycles. The molecule has 1 aromatic carbocycles. The summed E-state index contributed by atoms with van der Waals surface area (Å²) in [6, 6.07) is 3.65. The van der Waals surface area contributed by atoms with E-state index in [0.29, 0.717) is 35.5 Å². The van der Waals surface area contributed by atoms with Gasteiger partial charge in [0, 0.05) is 19.2 Å². The fourth-order valence-corrected chi connectivity index (χ4v) is 1.94. The second-order valence-electron chi connectivity index (χ2n) is 4.47. The van der Waals surface area contributed by atoms with E-state index in [-0.39, 0.29) is 0 Å². The maximum Gasteiger partial charge on any atom is 0.203 e. The normalized spacial score (nSPS) is 10.9. The molecule has 0 spiro atoms. The minimum absolute atomic E-state index is 0.425. The van der Waals surface area contributed by atoms with E-state index in [1.807, 2.05) is 19.1 Å². The first-order valence-electron chi connectivity index (χ1n) is 6.94. The summed E-state index contributed by atoms with van der Waals surface area (Å²) < 4.78 is 20.9. The Bertz CT molecular complexity index is 539. The molecular weight excluding hydrogens is 318 g/mol. The van der Waals surface area contributed by atoms with Gasteiger partial charge in [-0.25, -0.2) is 0 Å². The molecule has 0 bridgehead atoms. The average molecular weight is 341 g/mol. The number of hydrazone groups is 1. The van der Waals surface area contributed by atoms with Gasteiger partial charge in [0.15, 0.2) is 16.6 Å². The van der Waals surface area contributed by atoms with Gasteiger partial charge < -0.3 is 24.3 Å².